The van der Waals surface area contributed by atoms with Gasteiger partial charge in [0.1, 0.15) is 0 Å². The molecule has 2 nitrogen and oxygen atoms in total. The minimum atomic E-state index is 0.807. The molecule has 0 bridgehead atoms. The Kier molecular flexibility index (Phi) is 2.41. The smallest absolute Gasteiger partial charge is 0.0495 e. The van der Waals surface area contributed by atoms with Crippen LogP contribution in [0.25, 0.3) is 10.9 Å². The lowest BCUT2D eigenvalue weighted by Crippen LogP contribution is -2.43. The molecular formula is C13H15ClN2. The number of nitrogens with zero attached hydrogens (tertiary/aromatic N) is 1. The van der Waals surface area contributed by atoms with Crippen molar-refractivity contribution >= 4 is 22.5 Å². The standard InChI is InChI=1S/C13H15ClN2/c1-16-8-10(4-9-6-15-7-9)12-3-2-11(14)5-13(12)16/h2-3,5,8-9,15H,4,6-7H2,1H3. The summed E-state index contributed by atoms with van der Waals surface area (Å²) in [4.78, 5) is 0. The molecule has 1 aliphatic heterocycles. The van der Waals surface area contributed by atoms with Crippen molar-refractivity contribution in [2.75, 3.05) is 13.1 Å². The van der Waals surface area contributed by atoms with Crippen molar-refractivity contribution in [2.24, 2.45) is 13.0 Å². The van der Waals surface area contributed by atoms with E-state index in [9.17, 15) is 0 Å². The predicted octanol–water partition coefficient (Wildman–Crippen LogP) is 2.59. The highest BCUT2D eigenvalue weighted by molar-refractivity contribution is 6.31. The van der Waals surface area contributed by atoms with Gasteiger partial charge in [0.05, 0.1) is 0 Å². The van der Waals surface area contributed by atoms with Gasteiger partial charge < -0.3 is 9.88 Å². The third kappa shape index (κ3) is 1.62. The second kappa shape index (κ2) is 3.79. The number of nitrogens with one attached hydrogen (secondary N) is 1. The molecule has 0 atom stereocenters. The zero-order valence-electron chi connectivity index (χ0n) is 9.33. The van der Waals surface area contributed by atoms with Gasteiger partial charge in [0.25, 0.3) is 0 Å². The first-order valence-electron chi connectivity index (χ1n) is 5.68. The van der Waals surface area contributed by atoms with Crippen molar-refractivity contribution < 1.29 is 0 Å². The van der Waals surface area contributed by atoms with Crippen LogP contribution in [0.4, 0.5) is 0 Å². The van der Waals surface area contributed by atoms with Gasteiger partial charge in [-0.1, -0.05) is 17.7 Å². The number of halogens is 1. The summed E-state index contributed by atoms with van der Waals surface area (Å²) in [5.41, 5.74) is 2.68. The van der Waals surface area contributed by atoms with Crippen LogP contribution < -0.4 is 5.32 Å². The fraction of sp³-hybridized carbons (Fsp3) is 0.385. The van der Waals surface area contributed by atoms with Crippen LogP contribution in [-0.2, 0) is 13.5 Å². The van der Waals surface area contributed by atoms with E-state index >= 15 is 0 Å². The molecule has 2 aromatic rings. The SMILES string of the molecule is Cn1cc(CC2CNC2)c2ccc(Cl)cc21. The van der Waals surface area contributed by atoms with Gasteiger partial charge in [-0.2, -0.15) is 0 Å². The molecule has 0 spiro atoms. The summed E-state index contributed by atoms with van der Waals surface area (Å²) in [5.74, 6) is 0.807. The van der Waals surface area contributed by atoms with Crippen LogP contribution in [0, 0.1) is 5.92 Å². The lowest BCUT2D eigenvalue weighted by Gasteiger charge is -2.26. The van der Waals surface area contributed by atoms with E-state index in [0.717, 1.165) is 24.0 Å². The summed E-state index contributed by atoms with van der Waals surface area (Å²) in [6.45, 7) is 2.31. The van der Waals surface area contributed by atoms with Gasteiger partial charge in [-0.3, -0.25) is 0 Å². The number of hydrogen-bond acceptors (Lipinski definition) is 1. The molecule has 3 heteroatoms. The first kappa shape index (κ1) is 10.2. The number of aromatic nitrogens is 1. The molecule has 16 heavy (non-hydrogen) atoms. The van der Waals surface area contributed by atoms with Gasteiger partial charge in [-0.05, 0) is 43.1 Å². The minimum Gasteiger partial charge on any atom is -0.350 e. The maximum atomic E-state index is 6.02. The second-order valence-corrected chi connectivity index (χ2v) is 5.09. The molecule has 0 aliphatic carbocycles. The molecule has 1 aliphatic rings. The van der Waals surface area contributed by atoms with Gasteiger partial charge in [0.2, 0.25) is 0 Å². The van der Waals surface area contributed by atoms with Crippen LogP contribution in [0.2, 0.25) is 5.02 Å². The quantitative estimate of drug-likeness (QED) is 0.845. The number of aryl methyl sites for hydroxylation is 1. The summed E-state index contributed by atoms with van der Waals surface area (Å²) in [6.07, 6.45) is 3.41. The van der Waals surface area contributed by atoms with Crippen LogP contribution in [0.5, 0.6) is 0 Å². The molecular weight excluding hydrogens is 220 g/mol. The summed E-state index contributed by atoms with van der Waals surface area (Å²) in [6, 6.07) is 6.16. The Bertz CT molecular complexity index is 526. The third-order valence-corrected chi connectivity index (χ3v) is 3.64. The van der Waals surface area contributed by atoms with Crippen LogP contribution in [0.15, 0.2) is 24.4 Å². The summed E-state index contributed by atoms with van der Waals surface area (Å²) in [7, 11) is 2.08. The van der Waals surface area contributed by atoms with E-state index in [0.29, 0.717) is 0 Å². The van der Waals surface area contributed by atoms with Crippen LogP contribution in [-0.4, -0.2) is 17.7 Å². The van der Waals surface area contributed by atoms with Gasteiger partial charge in [-0.25, -0.2) is 0 Å². The average molecular weight is 235 g/mol. The molecule has 1 fully saturated rings. The first-order valence-corrected chi connectivity index (χ1v) is 6.06. The van der Waals surface area contributed by atoms with Crippen molar-refractivity contribution in [3.63, 3.8) is 0 Å². The Hall–Kier alpha value is -0.990. The Labute approximate surface area is 100 Å². The highest BCUT2D eigenvalue weighted by Gasteiger charge is 2.19. The topological polar surface area (TPSA) is 17.0 Å². The molecule has 3 rings (SSSR count). The van der Waals surface area contributed by atoms with Gasteiger partial charge in [-0.15, -0.1) is 0 Å². The minimum absolute atomic E-state index is 0.807. The summed E-state index contributed by atoms with van der Waals surface area (Å²) >= 11 is 6.02. The monoisotopic (exact) mass is 234 g/mol. The Morgan fingerprint density at radius 3 is 2.94 bits per heavy atom. The largest absolute Gasteiger partial charge is 0.350 e. The fourth-order valence-corrected chi connectivity index (χ4v) is 2.57. The lowest BCUT2D eigenvalue weighted by atomic mass is 9.94. The normalized spacial score (nSPS) is 16.6. The van der Waals surface area contributed by atoms with Crippen LogP contribution in [0.3, 0.4) is 0 Å². The van der Waals surface area contributed by atoms with E-state index in [1.807, 2.05) is 12.1 Å². The summed E-state index contributed by atoms with van der Waals surface area (Å²) in [5, 5.41) is 5.47. The van der Waals surface area contributed by atoms with Crippen molar-refractivity contribution in [3.05, 3.63) is 35.0 Å². The molecule has 0 unspecified atom stereocenters. The Morgan fingerprint density at radius 2 is 2.25 bits per heavy atom. The Morgan fingerprint density at radius 1 is 1.44 bits per heavy atom. The maximum absolute atomic E-state index is 6.02. The molecule has 1 aromatic heterocycles. The molecule has 2 heterocycles. The molecule has 0 radical (unpaired) electrons. The third-order valence-electron chi connectivity index (χ3n) is 3.41. The number of rotatable bonds is 2. The molecule has 0 saturated carbocycles. The second-order valence-electron chi connectivity index (χ2n) is 4.66. The van der Waals surface area contributed by atoms with Crippen molar-refractivity contribution in [1.82, 2.24) is 9.88 Å². The zero-order chi connectivity index (χ0) is 11.1. The van der Waals surface area contributed by atoms with E-state index < -0.39 is 0 Å². The van der Waals surface area contributed by atoms with E-state index in [2.05, 4.69) is 29.2 Å². The highest BCUT2D eigenvalue weighted by atomic mass is 35.5. The predicted molar refractivity (Wildman–Crippen MR) is 68.0 cm³/mol. The Balaban J connectivity index is 2.03. The number of fused-ring (bicyclic) bond motifs is 1. The number of benzene rings is 1. The molecule has 1 saturated heterocycles. The van der Waals surface area contributed by atoms with E-state index in [1.54, 1.807) is 0 Å². The summed E-state index contributed by atoms with van der Waals surface area (Å²) < 4.78 is 2.17. The first-order chi connectivity index (χ1) is 7.74. The van der Waals surface area contributed by atoms with E-state index in [4.69, 9.17) is 11.6 Å². The molecule has 0 amide bonds. The van der Waals surface area contributed by atoms with Crippen molar-refractivity contribution in [3.8, 4) is 0 Å². The van der Waals surface area contributed by atoms with Gasteiger partial charge in [0, 0.05) is 29.2 Å². The van der Waals surface area contributed by atoms with Crippen molar-refractivity contribution in [1.29, 1.82) is 0 Å². The van der Waals surface area contributed by atoms with E-state index in [-0.39, 0.29) is 0 Å². The van der Waals surface area contributed by atoms with Crippen LogP contribution >= 0.6 is 11.6 Å². The maximum Gasteiger partial charge on any atom is 0.0495 e. The van der Waals surface area contributed by atoms with Gasteiger partial charge in [0.15, 0.2) is 0 Å². The molecule has 1 aromatic carbocycles. The molecule has 84 valence electrons. The lowest BCUT2D eigenvalue weighted by molar-refractivity contribution is 0.347. The molecule has 1 N–H and O–H groups in total. The fourth-order valence-electron chi connectivity index (χ4n) is 2.41. The number of hydrogen-bond donors (Lipinski definition) is 1. The zero-order valence-corrected chi connectivity index (χ0v) is 10.1. The highest BCUT2D eigenvalue weighted by Crippen LogP contribution is 2.26. The van der Waals surface area contributed by atoms with Gasteiger partial charge >= 0.3 is 0 Å². The van der Waals surface area contributed by atoms with Crippen molar-refractivity contribution in [2.45, 2.75) is 6.42 Å². The van der Waals surface area contributed by atoms with Crippen LogP contribution in [0.1, 0.15) is 5.56 Å². The average Bonchev–Trinajstić information content (AvgIpc) is 2.50. The van der Waals surface area contributed by atoms with E-state index in [1.165, 1.54) is 22.9 Å².